The van der Waals surface area contributed by atoms with Gasteiger partial charge in [0.15, 0.2) is 5.78 Å². The van der Waals surface area contributed by atoms with Crippen molar-refractivity contribution in [3.05, 3.63) is 79.6 Å². The molecule has 0 radical (unpaired) electrons. The first-order valence-electron chi connectivity index (χ1n) is 10.5. The number of benzene rings is 1. The van der Waals surface area contributed by atoms with Gasteiger partial charge in [0.05, 0.1) is 28.2 Å². The summed E-state index contributed by atoms with van der Waals surface area (Å²) >= 11 is 0.986. The van der Waals surface area contributed by atoms with E-state index in [-0.39, 0.29) is 27.6 Å². The Kier molecular flexibility index (Phi) is 5.39. The van der Waals surface area contributed by atoms with Crippen LogP contribution in [0.15, 0.2) is 59.1 Å². The van der Waals surface area contributed by atoms with Gasteiger partial charge < -0.3 is 5.73 Å². The number of thiophene rings is 1. The molecule has 8 heteroatoms. The maximum Gasteiger partial charge on any atom is 0.324 e. The number of rotatable bonds is 4. The molecule has 1 aliphatic carbocycles. The van der Waals surface area contributed by atoms with Gasteiger partial charge in [0.1, 0.15) is 5.82 Å². The standard InChI is InChI=1S/C24H24N4O3S/c1-4-14-7-5-6-8-16(14)27-17-11-24(2,3)12-18(29)22(17)21(15(13-25)23(27)26)19-9-10-20(32-19)28(30)31/h5-10,21H,4,11-12,26H2,1-3H3/t21-/m0/s1. The lowest BCUT2D eigenvalue weighted by Gasteiger charge is -2.44. The van der Waals surface area contributed by atoms with Crippen LogP contribution in [0.2, 0.25) is 0 Å². The van der Waals surface area contributed by atoms with Crippen molar-refractivity contribution < 1.29 is 9.72 Å². The average molecular weight is 449 g/mol. The van der Waals surface area contributed by atoms with Gasteiger partial charge in [-0.1, -0.05) is 50.3 Å². The normalized spacial score (nSPS) is 20.2. The van der Waals surface area contributed by atoms with Crippen LogP contribution in [-0.2, 0) is 11.2 Å². The summed E-state index contributed by atoms with van der Waals surface area (Å²) in [7, 11) is 0. The van der Waals surface area contributed by atoms with E-state index in [1.807, 2.05) is 49.9 Å². The Morgan fingerprint density at radius 2 is 2.00 bits per heavy atom. The lowest BCUT2D eigenvalue weighted by Crippen LogP contribution is -2.42. The molecule has 32 heavy (non-hydrogen) atoms. The number of carbonyl (C=O) groups excluding carboxylic acids is 1. The Morgan fingerprint density at radius 1 is 1.28 bits per heavy atom. The molecule has 2 aliphatic rings. The Morgan fingerprint density at radius 3 is 2.62 bits per heavy atom. The summed E-state index contributed by atoms with van der Waals surface area (Å²) in [6.45, 7) is 6.14. The first-order chi connectivity index (χ1) is 15.2. The van der Waals surface area contributed by atoms with Crippen molar-refractivity contribution >= 4 is 27.8 Å². The average Bonchev–Trinajstić information content (AvgIpc) is 3.22. The number of nitriles is 1. The number of Topliss-reactive ketones (excluding diaryl/α,β-unsaturated/α-hetero) is 1. The van der Waals surface area contributed by atoms with Gasteiger partial charge in [-0.3, -0.25) is 19.8 Å². The fourth-order valence-electron chi connectivity index (χ4n) is 4.69. The molecule has 4 rings (SSSR count). The van der Waals surface area contributed by atoms with Gasteiger partial charge in [-0.25, -0.2) is 0 Å². The molecule has 1 aliphatic heterocycles. The van der Waals surface area contributed by atoms with Crippen LogP contribution in [0.3, 0.4) is 0 Å². The SMILES string of the molecule is CCc1ccccc1N1C(N)=C(C#N)[C@@H](c2ccc([N+](=O)[O-])s2)C2=C1CC(C)(C)CC2=O. The second-order valence-corrected chi connectivity index (χ2v) is 9.99. The van der Waals surface area contributed by atoms with E-state index in [2.05, 4.69) is 6.07 Å². The van der Waals surface area contributed by atoms with Crippen LogP contribution in [0, 0.1) is 26.9 Å². The molecule has 164 valence electrons. The van der Waals surface area contributed by atoms with Crippen molar-refractivity contribution in [2.24, 2.45) is 11.1 Å². The van der Waals surface area contributed by atoms with Gasteiger partial charge in [-0.15, -0.1) is 0 Å². The molecule has 1 aromatic heterocycles. The van der Waals surface area contributed by atoms with Crippen LogP contribution in [-0.4, -0.2) is 10.7 Å². The lowest BCUT2D eigenvalue weighted by molar-refractivity contribution is -0.380. The zero-order valence-corrected chi connectivity index (χ0v) is 19.0. The van der Waals surface area contributed by atoms with E-state index in [0.29, 0.717) is 23.3 Å². The molecule has 2 aromatic rings. The maximum absolute atomic E-state index is 13.5. The number of aryl methyl sites for hydroxylation is 1. The molecule has 2 N–H and O–H groups in total. The summed E-state index contributed by atoms with van der Waals surface area (Å²) in [4.78, 5) is 26.8. The molecular formula is C24H24N4O3S. The van der Waals surface area contributed by atoms with Crippen LogP contribution in [0.1, 0.15) is 50.0 Å². The number of carbonyl (C=O) groups is 1. The Labute approximate surface area is 190 Å². The second kappa shape index (κ2) is 7.92. The second-order valence-electron chi connectivity index (χ2n) is 8.90. The van der Waals surface area contributed by atoms with E-state index in [9.17, 15) is 20.2 Å². The summed E-state index contributed by atoms with van der Waals surface area (Å²) in [5.74, 6) is -0.461. The van der Waals surface area contributed by atoms with Crippen molar-refractivity contribution in [3.63, 3.8) is 0 Å². The van der Waals surface area contributed by atoms with Crippen LogP contribution in [0.5, 0.6) is 0 Å². The predicted octanol–water partition coefficient (Wildman–Crippen LogP) is 5.16. The molecule has 0 bridgehead atoms. The van der Waals surface area contributed by atoms with Crippen LogP contribution >= 0.6 is 11.3 Å². The van der Waals surface area contributed by atoms with E-state index in [0.717, 1.165) is 34.7 Å². The molecule has 0 fully saturated rings. The Bertz CT molecular complexity index is 1230. The number of nitrogens with two attached hydrogens (primary N) is 1. The Hall–Kier alpha value is -3.44. The summed E-state index contributed by atoms with van der Waals surface area (Å²) < 4.78 is 0. The summed E-state index contributed by atoms with van der Waals surface area (Å²) in [5, 5.41) is 21.4. The smallest absolute Gasteiger partial charge is 0.324 e. The first kappa shape index (κ1) is 21.8. The number of allylic oxidation sites excluding steroid dienone is 3. The third-order valence-electron chi connectivity index (χ3n) is 6.07. The minimum atomic E-state index is -0.692. The predicted molar refractivity (Wildman–Crippen MR) is 124 cm³/mol. The van der Waals surface area contributed by atoms with Crippen molar-refractivity contribution in [1.29, 1.82) is 5.26 Å². The summed E-state index contributed by atoms with van der Waals surface area (Å²) in [6, 6.07) is 13.1. The zero-order chi connectivity index (χ0) is 23.2. The highest BCUT2D eigenvalue weighted by Gasteiger charge is 2.45. The maximum atomic E-state index is 13.5. The number of para-hydroxylation sites is 1. The van der Waals surface area contributed by atoms with E-state index < -0.39 is 10.8 Å². The van der Waals surface area contributed by atoms with Crippen molar-refractivity contribution in [1.82, 2.24) is 0 Å². The minimum absolute atomic E-state index is 0.0274. The van der Waals surface area contributed by atoms with E-state index in [4.69, 9.17) is 5.73 Å². The van der Waals surface area contributed by atoms with Gasteiger partial charge >= 0.3 is 5.00 Å². The quantitative estimate of drug-likeness (QED) is 0.510. The number of nitrogens with zero attached hydrogens (tertiary/aromatic N) is 3. The highest BCUT2D eigenvalue weighted by Crippen LogP contribution is 2.51. The van der Waals surface area contributed by atoms with E-state index >= 15 is 0 Å². The molecule has 0 saturated carbocycles. The molecule has 1 aromatic carbocycles. The highest BCUT2D eigenvalue weighted by atomic mass is 32.1. The monoisotopic (exact) mass is 448 g/mol. The molecular weight excluding hydrogens is 424 g/mol. The fourth-order valence-corrected chi connectivity index (χ4v) is 5.63. The molecule has 7 nitrogen and oxygen atoms in total. The minimum Gasteiger partial charge on any atom is -0.384 e. The summed E-state index contributed by atoms with van der Waals surface area (Å²) in [6.07, 6.45) is 1.72. The lowest BCUT2D eigenvalue weighted by atomic mass is 9.69. The van der Waals surface area contributed by atoms with E-state index in [1.54, 1.807) is 6.07 Å². The Balaban J connectivity index is 2.01. The van der Waals surface area contributed by atoms with Gasteiger partial charge in [0.2, 0.25) is 0 Å². The third-order valence-corrected chi connectivity index (χ3v) is 7.17. The number of nitro groups is 1. The summed E-state index contributed by atoms with van der Waals surface area (Å²) in [5.41, 5.74) is 9.83. The fraction of sp³-hybridized carbons (Fsp3) is 0.333. The molecule has 2 heterocycles. The van der Waals surface area contributed by atoms with Crippen molar-refractivity contribution in [3.8, 4) is 6.07 Å². The largest absolute Gasteiger partial charge is 0.384 e. The first-order valence-corrected chi connectivity index (χ1v) is 11.3. The number of ketones is 1. The van der Waals surface area contributed by atoms with Crippen LogP contribution in [0.4, 0.5) is 10.7 Å². The third kappa shape index (κ3) is 3.49. The van der Waals surface area contributed by atoms with Crippen molar-refractivity contribution in [2.45, 2.75) is 46.0 Å². The topological polar surface area (TPSA) is 113 Å². The zero-order valence-electron chi connectivity index (χ0n) is 18.2. The van der Waals surface area contributed by atoms with Crippen LogP contribution in [0.25, 0.3) is 0 Å². The van der Waals surface area contributed by atoms with Crippen molar-refractivity contribution in [2.75, 3.05) is 4.90 Å². The van der Waals surface area contributed by atoms with Crippen LogP contribution < -0.4 is 10.6 Å². The van der Waals surface area contributed by atoms with Gasteiger partial charge in [-0.05, 0) is 36.0 Å². The van der Waals surface area contributed by atoms with E-state index in [1.165, 1.54) is 6.07 Å². The number of hydrogen-bond donors (Lipinski definition) is 1. The molecule has 0 spiro atoms. The number of anilines is 1. The van der Waals surface area contributed by atoms with Gasteiger partial charge in [0.25, 0.3) is 0 Å². The number of hydrogen-bond acceptors (Lipinski definition) is 7. The molecule has 1 atom stereocenters. The highest BCUT2D eigenvalue weighted by molar-refractivity contribution is 7.15. The molecule has 0 saturated heterocycles. The van der Waals surface area contributed by atoms with Gasteiger partial charge in [-0.2, -0.15) is 5.26 Å². The molecule has 0 amide bonds. The van der Waals surface area contributed by atoms with Gasteiger partial charge in [0, 0.05) is 28.6 Å². The molecule has 0 unspecified atom stereocenters.